The van der Waals surface area contributed by atoms with Crippen LogP contribution in [0.2, 0.25) is 0 Å². The molecule has 0 saturated carbocycles. The highest BCUT2D eigenvalue weighted by atomic mass is 16.3. The molecule has 6 heterocycles. The molecular formula is C132H85N9O3. The molecule has 0 saturated heterocycles. The summed E-state index contributed by atoms with van der Waals surface area (Å²) in [6.45, 7) is 4.60. The van der Waals surface area contributed by atoms with Crippen LogP contribution in [0, 0.1) is 0 Å². The van der Waals surface area contributed by atoms with Crippen molar-refractivity contribution in [3.05, 3.63) is 490 Å². The zero-order chi connectivity index (χ0) is 95.7. The summed E-state index contributed by atoms with van der Waals surface area (Å²) in [4.78, 5) is 44.9. The molecule has 676 valence electrons. The molecule has 0 aliphatic heterocycles. The number of aromatic nitrogens is 9. The van der Waals surface area contributed by atoms with Crippen LogP contribution >= 0.6 is 0 Å². The molecule has 0 atom stereocenters. The van der Waals surface area contributed by atoms with Gasteiger partial charge in [-0.2, -0.15) is 0 Å². The molecule has 0 unspecified atom stereocenters. The Kier molecular flexibility index (Phi) is 21.3. The van der Waals surface area contributed by atoms with Crippen LogP contribution in [0.4, 0.5) is 0 Å². The quantitative estimate of drug-likeness (QED) is 0.102. The highest BCUT2D eigenvalue weighted by molar-refractivity contribution is 6.23. The van der Waals surface area contributed by atoms with Crippen molar-refractivity contribution >= 4 is 98.1 Å². The highest BCUT2D eigenvalue weighted by Crippen LogP contribution is 2.51. The van der Waals surface area contributed by atoms with E-state index < -0.39 is 0 Å². The first-order chi connectivity index (χ1) is 71.1. The minimum absolute atomic E-state index is 0.122. The van der Waals surface area contributed by atoms with E-state index in [2.05, 4.69) is 341 Å². The van der Waals surface area contributed by atoms with Crippen molar-refractivity contribution in [3.63, 3.8) is 0 Å². The van der Waals surface area contributed by atoms with Gasteiger partial charge in [-0.25, -0.2) is 44.9 Å². The molecule has 21 aromatic carbocycles. The fourth-order valence-electron chi connectivity index (χ4n) is 20.6. The Morgan fingerprint density at radius 3 is 0.903 bits per heavy atom. The summed E-state index contributed by atoms with van der Waals surface area (Å²) in [6, 6.07) is 166. The third-order valence-electron chi connectivity index (χ3n) is 27.8. The standard InChI is InChI=1S/C46H31N3O.2C43H27N3O/c1-46(2)38-17-8-6-15-34(38)35-23-21-33(27-39(35)46)45-48-43(29-11-4-3-5-12-29)47-44(49-45)32-14-10-13-30(25-32)31-20-19-28-22-24-41-42(37(28)26-31)36-16-7-9-18-40(36)50-41;1-3-12-28(13-4-1)41-44-42(29-14-5-2-6-15-29)46-43(45-41)33-19-10-17-31(27-33)30-16-9-18-32(26-30)34-21-11-22-36-35(34)24-25-39-40(36)37-20-7-8-23-38(37)47-39;1-3-10-28(11-4-1)29-18-20-31(21-19-29)42-44-41(30-12-5-2-6-13-30)45-43(46-42)35-15-9-14-32(27-35)33-22-24-36-34(26-33)23-25-39-40(36)37-16-7-8-17-38(37)47-39/h3-27H,1-2H3;2*1-27H. The smallest absolute Gasteiger partial charge is 0.164 e. The predicted octanol–water partition coefficient (Wildman–Crippen LogP) is 34.4. The van der Waals surface area contributed by atoms with E-state index in [1.807, 2.05) is 152 Å². The third-order valence-corrected chi connectivity index (χ3v) is 27.8. The molecule has 12 heteroatoms. The van der Waals surface area contributed by atoms with Gasteiger partial charge >= 0.3 is 0 Å². The number of benzene rings is 21. The second-order valence-corrected chi connectivity index (χ2v) is 37.0. The van der Waals surface area contributed by atoms with Crippen molar-refractivity contribution in [2.75, 3.05) is 0 Å². The van der Waals surface area contributed by atoms with E-state index in [4.69, 9.17) is 58.1 Å². The Labute approximate surface area is 829 Å². The normalized spacial score (nSPS) is 12.0. The second-order valence-electron chi connectivity index (χ2n) is 37.0. The van der Waals surface area contributed by atoms with Crippen LogP contribution in [0.25, 0.3) is 267 Å². The van der Waals surface area contributed by atoms with Gasteiger partial charge in [-0.05, 0) is 189 Å². The van der Waals surface area contributed by atoms with Gasteiger partial charge in [0.2, 0.25) is 0 Å². The molecule has 0 radical (unpaired) electrons. The molecule has 1 aliphatic rings. The van der Waals surface area contributed by atoms with Gasteiger partial charge in [0.05, 0.1) is 0 Å². The molecule has 6 aromatic heterocycles. The molecular weight excluding hydrogens is 1760 g/mol. The maximum atomic E-state index is 6.21. The monoisotopic (exact) mass is 1840 g/mol. The van der Waals surface area contributed by atoms with Gasteiger partial charge in [-0.15, -0.1) is 0 Å². The number of rotatable bonds is 14. The van der Waals surface area contributed by atoms with E-state index in [1.54, 1.807) is 0 Å². The molecule has 0 fully saturated rings. The van der Waals surface area contributed by atoms with Gasteiger partial charge in [0, 0.05) is 87.8 Å². The summed E-state index contributed by atoms with van der Waals surface area (Å²) in [5.74, 6) is 5.81. The highest BCUT2D eigenvalue weighted by Gasteiger charge is 2.36. The Hall–Kier alpha value is -19.2. The molecule has 0 bridgehead atoms. The van der Waals surface area contributed by atoms with Crippen molar-refractivity contribution in [1.29, 1.82) is 0 Å². The maximum Gasteiger partial charge on any atom is 0.164 e. The van der Waals surface area contributed by atoms with E-state index in [0.717, 1.165) is 160 Å². The van der Waals surface area contributed by atoms with Gasteiger partial charge in [0.1, 0.15) is 33.5 Å². The summed E-state index contributed by atoms with van der Waals surface area (Å²) < 4.78 is 18.5. The van der Waals surface area contributed by atoms with Gasteiger partial charge < -0.3 is 13.3 Å². The Balaban J connectivity index is 0.000000110. The largest absolute Gasteiger partial charge is 0.456 e. The van der Waals surface area contributed by atoms with Crippen LogP contribution < -0.4 is 0 Å². The lowest BCUT2D eigenvalue weighted by Crippen LogP contribution is -2.15. The summed E-state index contributed by atoms with van der Waals surface area (Å²) in [5.41, 5.74) is 30.4. The van der Waals surface area contributed by atoms with Gasteiger partial charge in [-0.3, -0.25) is 0 Å². The van der Waals surface area contributed by atoms with Crippen molar-refractivity contribution in [2.24, 2.45) is 0 Å². The van der Waals surface area contributed by atoms with E-state index in [-0.39, 0.29) is 5.41 Å². The van der Waals surface area contributed by atoms with Crippen LogP contribution in [-0.2, 0) is 5.41 Å². The molecule has 144 heavy (non-hydrogen) atoms. The number of nitrogens with zero attached hydrogens (tertiary/aromatic N) is 9. The summed E-state index contributed by atoms with van der Waals surface area (Å²) in [6.07, 6.45) is 0. The Morgan fingerprint density at radius 1 is 0.146 bits per heavy atom. The van der Waals surface area contributed by atoms with Crippen molar-refractivity contribution in [3.8, 4) is 169 Å². The molecule has 12 nitrogen and oxygen atoms in total. The Bertz CT molecular complexity index is 9630. The average molecular weight is 1850 g/mol. The molecule has 28 rings (SSSR count). The van der Waals surface area contributed by atoms with E-state index in [0.29, 0.717) is 52.4 Å². The number of furan rings is 3. The van der Waals surface area contributed by atoms with Crippen LogP contribution in [0.3, 0.4) is 0 Å². The summed E-state index contributed by atoms with van der Waals surface area (Å²) in [7, 11) is 0. The average Bonchev–Trinajstić information content (AvgIpc) is 1.58. The van der Waals surface area contributed by atoms with E-state index in [1.165, 1.54) is 65.7 Å². The molecule has 1 aliphatic carbocycles. The summed E-state index contributed by atoms with van der Waals surface area (Å²) in [5, 5.41) is 13.9. The maximum absolute atomic E-state index is 6.21. The second kappa shape index (κ2) is 36.0. The lowest BCUT2D eigenvalue weighted by molar-refractivity contribution is 0.660. The topological polar surface area (TPSA) is 155 Å². The van der Waals surface area contributed by atoms with Crippen LogP contribution in [0.5, 0.6) is 0 Å². The van der Waals surface area contributed by atoms with Gasteiger partial charge in [-0.1, -0.05) is 414 Å². The van der Waals surface area contributed by atoms with Crippen molar-refractivity contribution < 1.29 is 13.3 Å². The fraction of sp³-hybridized carbons (Fsp3) is 0.0227. The predicted molar refractivity (Wildman–Crippen MR) is 588 cm³/mol. The lowest BCUT2D eigenvalue weighted by Gasteiger charge is -2.21. The number of hydrogen-bond acceptors (Lipinski definition) is 12. The zero-order valence-corrected chi connectivity index (χ0v) is 78.4. The Morgan fingerprint density at radius 2 is 0.424 bits per heavy atom. The van der Waals surface area contributed by atoms with Crippen molar-refractivity contribution in [1.82, 2.24) is 44.9 Å². The van der Waals surface area contributed by atoms with E-state index in [9.17, 15) is 0 Å². The first kappa shape index (κ1) is 85.3. The van der Waals surface area contributed by atoms with Crippen molar-refractivity contribution in [2.45, 2.75) is 19.3 Å². The minimum Gasteiger partial charge on any atom is -0.456 e. The van der Waals surface area contributed by atoms with E-state index >= 15 is 0 Å². The molecule has 0 amide bonds. The van der Waals surface area contributed by atoms with Gasteiger partial charge in [0.25, 0.3) is 0 Å². The number of hydrogen-bond donors (Lipinski definition) is 0. The SMILES string of the molecule is CC1(C)c2ccccc2-c2ccc(-c3nc(-c4ccccc4)nc(-c4cccc(-c5ccc6ccc7oc8ccccc8c7c6c5)c4)n3)cc21.c1ccc(-c2ccc(-c3nc(-c4ccccc4)nc(-c4cccc(-c5ccc6c(ccc7oc8ccccc8c76)c5)c4)n3)cc2)cc1.c1ccc(-c2nc(-c3ccccc3)nc(-c3cccc(-c4cccc(-c5cccc6c5ccc5oc7ccccc7c56)c4)c3)n2)cc1. The first-order valence-corrected chi connectivity index (χ1v) is 48.4. The van der Waals surface area contributed by atoms with Crippen LogP contribution in [0.15, 0.2) is 492 Å². The fourth-order valence-corrected chi connectivity index (χ4v) is 20.6. The third kappa shape index (κ3) is 15.9. The first-order valence-electron chi connectivity index (χ1n) is 48.4. The lowest BCUT2D eigenvalue weighted by atomic mass is 9.82. The summed E-state index contributed by atoms with van der Waals surface area (Å²) >= 11 is 0. The van der Waals surface area contributed by atoms with Gasteiger partial charge in [0.15, 0.2) is 52.4 Å². The van der Waals surface area contributed by atoms with Crippen LogP contribution in [-0.4, -0.2) is 44.9 Å². The number of fused-ring (bicyclic) bond motifs is 18. The van der Waals surface area contributed by atoms with Crippen LogP contribution in [0.1, 0.15) is 25.0 Å². The zero-order valence-electron chi connectivity index (χ0n) is 78.4. The number of para-hydroxylation sites is 3. The molecule has 27 aromatic rings. The molecule has 0 N–H and O–H groups in total. The minimum atomic E-state index is -0.122. The molecule has 0 spiro atoms.